The largest absolute Gasteiger partial charge is 0.496 e. The van der Waals surface area contributed by atoms with Gasteiger partial charge in [-0.1, -0.05) is 25.1 Å². The lowest BCUT2D eigenvalue weighted by Gasteiger charge is -2.24. The fourth-order valence-electron chi connectivity index (χ4n) is 2.60. The van der Waals surface area contributed by atoms with Gasteiger partial charge in [0.2, 0.25) is 0 Å². The molecular weight excluding hydrogens is 198 g/mol. The average Bonchev–Trinajstić information content (AvgIpc) is 3.09. The van der Waals surface area contributed by atoms with E-state index < -0.39 is 0 Å². The Morgan fingerprint density at radius 2 is 2.12 bits per heavy atom. The van der Waals surface area contributed by atoms with Crippen molar-refractivity contribution in [1.82, 2.24) is 0 Å². The second kappa shape index (κ2) is 4.10. The quantitative estimate of drug-likeness (QED) is 0.845. The zero-order chi connectivity index (χ0) is 11.8. The number of rotatable bonds is 4. The summed E-state index contributed by atoms with van der Waals surface area (Å²) in [5.41, 5.74) is 8.90. The highest BCUT2D eigenvalue weighted by molar-refractivity contribution is 5.49. The van der Waals surface area contributed by atoms with E-state index in [9.17, 15) is 0 Å². The van der Waals surface area contributed by atoms with Crippen molar-refractivity contribution in [2.24, 2.45) is 5.73 Å². The van der Waals surface area contributed by atoms with Crippen molar-refractivity contribution in [2.45, 2.75) is 44.6 Å². The second-order valence-electron chi connectivity index (χ2n) is 4.80. The Hall–Kier alpha value is -1.02. The Bertz CT molecular complexity index is 380. The monoisotopic (exact) mass is 219 g/mol. The van der Waals surface area contributed by atoms with E-state index in [-0.39, 0.29) is 11.5 Å². The van der Waals surface area contributed by atoms with Crippen LogP contribution in [0.4, 0.5) is 0 Å². The summed E-state index contributed by atoms with van der Waals surface area (Å²) in [7, 11) is 1.76. The van der Waals surface area contributed by atoms with E-state index in [2.05, 4.69) is 32.0 Å². The molecule has 88 valence electrons. The Morgan fingerprint density at radius 1 is 1.44 bits per heavy atom. The number of nitrogens with two attached hydrogens (primary N) is 1. The number of ether oxygens (including phenoxy) is 1. The summed E-state index contributed by atoms with van der Waals surface area (Å²) in [4.78, 5) is 0. The molecule has 1 fully saturated rings. The van der Waals surface area contributed by atoms with Crippen LogP contribution in [0.1, 0.15) is 37.8 Å². The van der Waals surface area contributed by atoms with E-state index >= 15 is 0 Å². The molecule has 1 saturated carbocycles. The molecule has 1 unspecified atom stereocenters. The van der Waals surface area contributed by atoms with E-state index in [0.717, 1.165) is 12.2 Å². The van der Waals surface area contributed by atoms with Crippen molar-refractivity contribution < 1.29 is 4.74 Å². The van der Waals surface area contributed by atoms with Gasteiger partial charge in [0.15, 0.2) is 0 Å². The van der Waals surface area contributed by atoms with Gasteiger partial charge in [-0.2, -0.15) is 0 Å². The fraction of sp³-hybridized carbons (Fsp3) is 0.571. The predicted molar refractivity (Wildman–Crippen MR) is 66.9 cm³/mol. The van der Waals surface area contributed by atoms with E-state index in [1.165, 1.54) is 24.0 Å². The van der Waals surface area contributed by atoms with Crippen molar-refractivity contribution in [1.29, 1.82) is 0 Å². The van der Waals surface area contributed by atoms with Crippen LogP contribution in [-0.2, 0) is 11.8 Å². The molecule has 0 aromatic heterocycles. The number of para-hydroxylation sites is 1. The van der Waals surface area contributed by atoms with Crippen LogP contribution in [0.15, 0.2) is 18.2 Å². The van der Waals surface area contributed by atoms with E-state index in [1.807, 2.05) is 0 Å². The smallest absolute Gasteiger partial charge is 0.125 e. The van der Waals surface area contributed by atoms with Gasteiger partial charge < -0.3 is 10.5 Å². The first-order valence-electron chi connectivity index (χ1n) is 6.07. The number of benzene rings is 1. The second-order valence-corrected chi connectivity index (χ2v) is 4.80. The number of hydrogen-bond donors (Lipinski definition) is 1. The van der Waals surface area contributed by atoms with Crippen LogP contribution in [0, 0.1) is 0 Å². The standard InChI is InChI=1S/C14H21NO/c1-4-11-6-5-7-12(13(11)16-3)14(8-9-14)10(2)15/h5-7,10H,4,8-9,15H2,1-3H3. The lowest BCUT2D eigenvalue weighted by Crippen LogP contribution is -2.32. The minimum atomic E-state index is 0.177. The van der Waals surface area contributed by atoms with Gasteiger partial charge in [-0.15, -0.1) is 0 Å². The van der Waals surface area contributed by atoms with Crippen LogP contribution in [0.5, 0.6) is 5.75 Å². The van der Waals surface area contributed by atoms with E-state index in [0.29, 0.717) is 0 Å². The highest BCUT2D eigenvalue weighted by Gasteiger charge is 2.49. The Labute approximate surface area is 97.8 Å². The van der Waals surface area contributed by atoms with Crippen molar-refractivity contribution in [2.75, 3.05) is 7.11 Å². The SMILES string of the molecule is CCc1cccc(C2(C(C)N)CC2)c1OC. The molecule has 2 nitrogen and oxygen atoms in total. The summed E-state index contributed by atoms with van der Waals surface area (Å²) in [6.07, 6.45) is 3.38. The van der Waals surface area contributed by atoms with Crippen LogP contribution >= 0.6 is 0 Å². The predicted octanol–water partition coefficient (Wildman–Crippen LogP) is 2.64. The first-order valence-corrected chi connectivity index (χ1v) is 6.07. The van der Waals surface area contributed by atoms with Crippen molar-refractivity contribution in [3.8, 4) is 5.75 Å². The van der Waals surface area contributed by atoms with Gasteiger partial charge in [0.25, 0.3) is 0 Å². The lowest BCUT2D eigenvalue weighted by molar-refractivity contribution is 0.394. The van der Waals surface area contributed by atoms with Crippen LogP contribution in [0.2, 0.25) is 0 Å². The van der Waals surface area contributed by atoms with Crippen molar-refractivity contribution in [3.63, 3.8) is 0 Å². The zero-order valence-electron chi connectivity index (χ0n) is 10.4. The molecule has 0 radical (unpaired) electrons. The third-order valence-corrected chi connectivity index (χ3v) is 3.88. The fourth-order valence-corrected chi connectivity index (χ4v) is 2.60. The molecule has 1 aliphatic carbocycles. The molecule has 1 aromatic rings. The van der Waals surface area contributed by atoms with Crippen molar-refractivity contribution >= 4 is 0 Å². The molecule has 0 aliphatic heterocycles. The van der Waals surface area contributed by atoms with Crippen LogP contribution < -0.4 is 10.5 Å². The van der Waals surface area contributed by atoms with Crippen LogP contribution in [-0.4, -0.2) is 13.2 Å². The molecule has 0 amide bonds. The molecule has 1 aliphatic rings. The van der Waals surface area contributed by atoms with Gasteiger partial charge >= 0.3 is 0 Å². The van der Waals surface area contributed by atoms with E-state index in [4.69, 9.17) is 10.5 Å². The average molecular weight is 219 g/mol. The van der Waals surface area contributed by atoms with Gasteiger partial charge in [0, 0.05) is 17.0 Å². The molecule has 2 heteroatoms. The third kappa shape index (κ3) is 1.61. The summed E-state index contributed by atoms with van der Waals surface area (Å²) in [6, 6.07) is 6.64. The molecule has 2 N–H and O–H groups in total. The third-order valence-electron chi connectivity index (χ3n) is 3.88. The van der Waals surface area contributed by atoms with Gasteiger partial charge in [-0.3, -0.25) is 0 Å². The molecule has 1 atom stereocenters. The highest BCUT2D eigenvalue weighted by Crippen LogP contribution is 2.53. The minimum absolute atomic E-state index is 0.177. The summed E-state index contributed by atoms with van der Waals surface area (Å²) in [5.74, 6) is 1.06. The van der Waals surface area contributed by atoms with E-state index in [1.54, 1.807) is 7.11 Å². The molecule has 16 heavy (non-hydrogen) atoms. The first-order chi connectivity index (χ1) is 7.65. The first kappa shape index (κ1) is 11.5. The number of aryl methyl sites for hydroxylation is 1. The summed E-state index contributed by atoms with van der Waals surface area (Å²) in [6.45, 7) is 4.26. The molecule has 2 rings (SSSR count). The summed E-state index contributed by atoms with van der Waals surface area (Å²) < 4.78 is 5.59. The number of hydrogen-bond acceptors (Lipinski definition) is 2. The van der Waals surface area contributed by atoms with Gasteiger partial charge in [-0.05, 0) is 31.7 Å². The Kier molecular flexibility index (Phi) is 2.94. The van der Waals surface area contributed by atoms with Gasteiger partial charge in [0.05, 0.1) is 7.11 Å². The molecule has 0 bridgehead atoms. The summed E-state index contributed by atoms with van der Waals surface area (Å²) >= 11 is 0. The van der Waals surface area contributed by atoms with Crippen LogP contribution in [0.3, 0.4) is 0 Å². The Balaban J connectivity index is 2.49. The molecule has 1 aromatic carbocycles. The maximum atomic E-state index is 6.12. The minimum Gasteiger partial charge on any atom is -0.496 e. The van der Waals surface area contributed by atoms with Crippen molar-refractivity contribution in [3.05, 3.63) is 29.3 Å². The zero-order valence-corrected chi connectivity index (χ0v) is 10.4. The lowest BCUT2D eigenvalue weighted by atomic mass is 9.87. The maximum Gasteiger partial charge on any atom is 0.125 e. The number of methoxy groups -OCH3 is 1. The normalized spacial score (nSPS) is 19.2. The highest BCUT2D eigenvalue weighted by atomic mass is 16.5. The molecule has 0 saturated heterocycles. The molecule has 0 spiro atoms. The summed E-state index contributed by atoms with van der Waals surface area (Å²) in [5, 5.41) is 0. The van der Waals surface area contributed by atoms with Gasteiger partial charge in [-0.25, -0.2) is 0 Å². The van der Waals surface area contributed by atoms with Crippen LogP contribution in [0.25, 0.3) is 0 Å². The van der Waals surface area contributed by atoms with Gasteiger partial charge in [0.1, 0.15) is 5.75 Å². The maximum absolute atomic E-state index is 6.12. The molecule has 0 heterocycles. The molecular formula is C14H21NO. The topological polar surface area (TPSA) is 35.2 Å². The Morgan fingerprint density at radius 3 is 2.56 bits per heavy atom.